The summed E-state index contributed by atoms with van der Waals surface area (Å²) in [5.41, 5.74) is 0.930. The van der Waals surface area contributed by atoms with Gasteiger partial charge in [-0.1, -0.05) is 0 Å². The Morgan fingerprint density at radius 3 is 2.50 bits per heavy atom. The molecule has 0 fully saturated rings. The highest BCUT2D eigenvalue weighted by Gasteiger charge is 2.10. The van der Waals surface area contributed by atoms with Gasteiger partial charge >= 0.3 is 0 Å². The molecule has 1 aromatic carbocycles. The average Bonchev–Trinajstić information content (AvgIpc) is 2.27. The smallest absolute Gasteiger partial charge is 0.123 e. The van der Waals surface area contributed by atoms with Crippen molar-refractivity contribution in [2.24, 2.45) is 0 Å². The molecular weight excluding hydrogens is 207 g/mol. The van der Waals surface area contributed by atoms with Crippen LogP contribution in [0.3, 0.4) is 0 Å². The van der Waals surface area contributed by atoms with Crippen molar-refractivity contribution in [2.75, 3.05) is 31.6 Å². The zero-order valence-electron chi connectivity index (χ0n) is 9.78. The van der Waals surface area contributed by atoms with Crippen LogP contribution in [0.4, 0.5) is 10.1 Å². The number of halogens is 1. The molecule has 2 N–H and O–H groups in total. The number of rotatable bonds is 6. The second kappa shape index (κ2) is 6.45. The minimum atomic E-state index is -0.421. The Morgan fingerprint density at radius 1 is 1.38 bits per heavy atom. The number of aliphatic hydroxyl groups is 1. The van der Waals surface area contributed by atoms with Crippen molar-refractivity contribution in [2.45, 2.75) is 13.0 Å². The molecule has 0 aliphatic rings. The Labute approximate surface area is 95.9 Å². The number of nitrogens with one attached hydrogen (secondary N) is 1. The lowest BCUT2D eigenvalue weighted by Crippen LogP contribution is -2.37. The number of benzene rings is 1. The zero-order chi connectivity index (χ0) is 12.0. The summed E-state index contributed by atoms with van der Waals surface area (Å²) in [6.45, 7) is 3.89. The Bertz CT molecular complexity index is 302. The van der Waals surface area contributed by atoms with Gasteiger partial charge in [-0.2, -0.15) is 0 Å². The molecule has 0 bridgehead atoms. The predicted molar refractivity (Wildman–Crippen MR) is 64.2 cm³/mol. The first kappa shape index (κ1) is 12.9. The number of anilines is 1. The number of hydrogen-bond donors (Lipinski definition) is 2. The molecule has 0 heterocycles. The second-order valence-electron chi connectivity index (χ2n) is 3.73. The van der Waals surface area contributed by atoms with Crippen LogP contribution in [-0.2, 0) is 0 Å². The lowest BCUT2D eigenvalue weighted by atomic mass is 10.2. The first-order valence-electron chi connectivity index (χ1n) is 5.50. The van der Waals surface area contributed by atoms with Gasteiger partial charge in [0.2, 0.25) is 0 Å². The van der Waals surface area contributed by atoms with Crippen molar-refractivity contribution in [3.8, 4) is 0 Å². The maximum atomic E-state index is 12.8. The van der Waals surface area contributed by atoms with Gasteiger partial charge in [0.25, 0.3) is 0 Å². The summed E-state index contributed by atoms with van der Waals surface area (Å²) in [4.78, 5) is 2.02. The molecule has 1 unspecified atom stereocenters. The number of nitrogens with zero attached hydrogens (tertiary/aromatic N) is 1. The number of aliphatic hydroxyl groups excluding tert-OH is 1. The van der Waals surface area contributed by atoms with Crippen LogP contribution in [0.1, 0.15) is 6.92 Å². The number of hydrogen-bond acceptors (Lipinski definition) is 3. The normalized spacial score (nSPS) is 12.5. The Balaban J connectivity index is 2.63. The van der Waals surface area contributed by atoms with Gasteiger partial charge in [0.05, 0.1) is 6.10 Å². The van der Waals surface area contributed by atoms with Gasteiger partial charge in [-0.3, -0.25) is 0 Å². The molecule has 0 aliphatic heterocycles. The van der Waals surface area contributed by atoms with Crippen molar-refractivity contribution in [1.82, 2.24) is 5.32 Å². The third-order valence-corrected chi connectivity index (χ3v) is 2.44. The van der Waals surface area contributed by atoms with E-state index in [1.165, 1.54) is 12.1 Å². The topological polar surface area (TPSA) is 35.5 Å². The molecule has 0 saturated heterocycles. The average molecular weight is 226 g/mol. The van der Waals surface area contributed by atoms with Crippen LogP contribution in [0.15, 0.2) is 24.3 Å². The van der Waals surface area contributed by atoms with Crippen LogP contribution < -0.4 is 10.2 Å². The molecule has 4 heteroatoms. The summed E-state index contributed by atoms with van der Waals surface area (Å²) in [5, 5.41) is 12.6. The van der Waals surface area contributed by atoms with Crippen molar-refractivity contribution in [3.05, 3.63) is 30.1 Å². The van der Waals surface area contributed by atoms with Gasteiger partial charge < -0.3 is 15.3 Å². The van der Waals surface area contributed by atoms with Gasteiger partial charge in [-0.15, -0.1) is 0 Å². The molecule has 0 spiro atoms. The lowest BCUT2D eigenvalue weighted by molar-refractivity contribution is 0.180. The standard InChI is InChI=1S/C12H19FN2O/c1-3-15(9-12(16)8-14-2)11-6-4-10(13)5-7-11/h4-7,12,14,16H,3,8-9H2,1-2H3. The van der Waals surface area contributed by atoms with E-state index in [4.69, 9.17) is 0 Å². The second-order valence-corrected chi connectivity index (χ2v) is 3.73. The van der Waals surface area contributed by atoms with Crippen LogP contribution in [0.2, 0.25) is 0 Å². The number of likely N-dealkylation sites (N-methyl/N-ethyl adjacent to an activating group) is 2. The molecule has 16 heavy (non-hydrogen) atoms. The summed E-state index contributed by atoms with van der Waals surface area (Å²) < 4.78 is 12.8. The van der Waals surface area contributed by atoms with Crippen LogP contribution in [0, 0.1) is 5.82 Å². The van der Waals surface area contributed by atoms with Gasteiger partial charge in [-0.05, 0) is 38.2 Å². The van der Waals surface area contributed by atoms with E-state index in [1.54, 1.807) is 19.2 Å². The molecule has 1 aromatic rings. The van der Waals surface area contributed by atoms with E-state index in [1.807, 2.05) is 11.8 Å². The SMILES string of the molecule is CCN(CC(O)CNC)c1ccc(F)cc1. The zero-order valence-corrected chi connectivity index (χ0v) is 9.78. The van der Waals surface area contributed by atoms with E-state index in [0.29, 0.717) is 13.1 Å². The molecule has 0 saturated carbocycles. The van der Waals surface area contributed by atoms with Crippen LogP contribution >= 0.6 is 0 Å². The molecule has 90 valence electrons. The minimum absolute atomic E-state index is 0.240. The highest BCUT2D eigenvalue weighted by Crippen LogP contribution is 2.14. The molecule has 3 nitrogen and oxygen atoms in total. The van der Waals surface area contributed by atoms with Crippen molar-refractivity contribution in [3.63, 3.8) is 0 Å². The third-order valence-electron chi connectivity index (χ3n) is 2.44. The van der Waals surface area contributed by atoms with E-state index in [9.17, 15) is 9.50 Å². The van der Waals surface area contributed by atoms with E-state index >= 15 is 0 Å². The molecule has 0 amide bonds. The lowest BCUT2D eigenvalue weighted by Gasteiger charge is -2.25. The van der Waals surface area contributed by atoms with E-state index in [0.717, 1.165) is 12.2 Å². The van der Waals surface area contributed by atoms with Crippen molar-refractivity contribution < 1.29 is 9.50 Å². The predicted octanol–water partition coefficient (Wildman–Crippen LogP) is 1.23. The van der Waals surface area contributed by atoms with Crippen molar-refractivity contribution >= 4 is 5.69 Å². The first-order valence-corrected chi connectivity index (χ1v) is 5.50. The Morgan fingerprint density at radius 2 is 2.00 bits per heavy atom. The van der Waals surface area contributed by atoms with Gasteiger partial charge in [0, 0.05) is 25.3 Å². The molecule has 0 radical (unpaired) electrons. The van der Waals surface area contributed by atoms with Gasteiger partial charge in [0.15, 0.2) is 0 Å². The van der Waals surface area contributed by atoms with E-state index < -0.39 is 6.10 Å². The Kier molecular flexibility index (Phi) is 5.22. The highest BCUT2D eigenvalue weighted by molar-refractivity contribution is 5.46. The molecule has 1 atom stereocenters. The molecular formula is C12H19FN2O. The largest absolute Gasteiger partial charge is 0.390 e. The fraction of sp³-hybridized carbons (Fsp3) is 0.500. The quantitative estimate of drug-likeness (QED) is 0.766. The summed E-state index contributed by atoms with van der Waals surface area (Å²) in [7, 11) is 1.80. The minimum Gasteiger partial charge on any atom is -0.390 e. The Hall–Kier alpha value is -1.13. The molecule has 1 rings (SSSR count). The summed E-state index contributed by atoms with van der Waals surface area (Å²) in [5.74, 6) is -0.240. The molecule has 0 aliphatic carbocycles. The highest BCUT2D eigenvalue weighted by atomic mass is 19.1. The van der Waals surface area contributed by atoms with E-state index in [2.05, 4.69) is 5.32 Å². The molecule has 0 aromatic heterocycles. The van der Waals surface area contributed by atoms with Crippen LogP contribution in [0.5, 0.6) is 0 Å². The summed E-state index contributed by atoms with van der Waals surface area (Å²) >= 11 is 0. The third kappa shape index (κ3) is 3.79. The summed E-state index contributed by atoms with van der Waals surface area (Å²) in [6, 6.07) is 6.32. The van der Waals surface area contributed by atoms with Crippen molar-refractivity contribution in [1.29, 1.82) is 0 Å². The van der Waals surface area contributed by atoms with Gasteiger partial charge in [-0.25, -0.2) is 4.39 Å². The summed E-state index contributed by atoms with van der Waals surface area (Å²) in [6.07, 6.45) is -0.421. The van der Waals surface area contributed by atoms with Crippen LogP contribution in [0.25, 0.3) is 0 Å². The maximum absolute atomic E-state index is 12.8. The van der Waals surface area contributed by atoms with E-state index in [-0.39, 0.29) is 5.82 Å². The van der Waals surface area contributed by atoms with Gasteiger partial charge in [0.1, 0.15) is 5.82 Å². The fourth-order valence-corrected chi connectivity index (χ4v) is 1.62. The maximum Gasteiger partial charge on any atom is 0.123 e. The van der Waals surface area contributed by atoms with Crippen LogP contribution in [-0.4, -0.2) is 37.9 Å². The first-order chi connectivity index (χ1) is 7.67. The monoisotopic (exact) mass is 226 g/mol. The fourth-order valence-electron chi connectivity index (χ4n) is 1.62.